The van der Waals surface area contributed by atoms with Gasteiger partial charge in [-0.25, -0.2) is 0 Å². The predicted molar refractivity (Wildman–Crippen MR) is 108 cm³/mol. The van der Waals surface area contributed by atoms with Crippen molar-refractivity contribution in [2.75, 3.05) is 51.1 Å². The summed E-state index contributed by atoms with van der Waals surface area (Å²) in [5.41, 5.74) is 1.14. The minimum Gasteiger partial charge on any atom is -0.339 e. The first-order valence-electron chi connectivity index (χ1n) is 10.3. The average Bonchev–Trinajstić information content (AvgIpc) is 3.03. The van der Waals surface area contributed by atoms with E-state index in [4.69, 9.17) is 0 Å². The van der Waals surface area contributed by atoms with E-state index < -0.39 is 11.8 Å². The Morgan fingerprint density at radius 2 is 1.43 bits per heavy atom. The van der Waals surface area contributed by atoms with Crippen LogP contribution in [0.25, 0.3) is 0 Å². The summed E-state index contributed by atoms with van der Waals surface area (Å²) < 4.78 is 0. The number of carbonyl (C=O) groups is 3. The van der Waals surface area contributed by atoms with Crippen molar-refractivity contribution in [3.05, 3.63) is 29.8 Å². The molecule has 0 unspecified atom stereocenters. The van der Waals surface area contributed by atoms with Crippen molar-refractivity contribution in [3.8, 4) is 0 Å². The Morgan fingerprint density at radius 3 is 2.00 bits per heavy atom. The Bertz CT molecular complexity index is 688. The van der Waals surface area contributed by atoms with Crippen LogP contribution in [0, 0.1) is 0 Å². The minimum absolute atomic E-state index is 0.0321. The minimum atomic E-state index is -0.628. The van der Waals surface area contributed by atoms with E-state index in [-0.39, 0.29) is 5.91 Å². The summed E-state index contributed by atoms with van der Waals surface area (Å²) >= 11 is 0. The third-order valence-corrected chi connectivity index (χ3v) is 5.58. The maximum atomic E-state index is 12.6. The van der Waals surface area contributed by atoms with Crippen molar-refractivity contribution >= 4 is 23.4 Å². The number of piperazine rings is 1. The molecule has 0 aromatic heterocycles. The highest BCUT2D eigenvalue weighted by Crippen LogP contribution is 2.16. The van der Waals surface area contributed by atoms with Crippen LogP contribution in [0.5, 0.6) is 0 Å². The summed E-state index contributed by atoms with van der Waals surface area (Å²) in [5.74, 6) is -1.10. The smallest absolute Gasteiger partial charge is 0.313 e. The van der Waals surface area contributed by atoms with Crippen molar-refractivity contribution in [1.82, 2.24) is 14.7 Å². The van der Waals surface area contributed by atoms with Crippen LogP contribution < -0.4 is 5.32 Å². The fourth-order valence-corrected chi connectivity index (χ4v) is 3.75. The van der Waals surface area contributed by atoms with Gasteiger partial charge >= 0.3 is 11.8 Å². The van der Waals surface area contributed by atoms with Crippen LogP contribution in [0.15, 0.2) is 24.3 Å². The van der Waals surface area contributed by atoms with Gasteiger partial charge < -0.3 is 20.0 Å². The first-order valence-corrected chi connectivity index (χ1v) is 10.3. The van der Waals surface area contributed by atoms with Crippen LogP contribution in [0.2, 0.25) is 0 Å². The van der Waals surface area contributed by atoms with Crippen LogP contribution in [0.4, 0.5) is 5.69 Å². The zero-order valence-electron chi connectivity index (χ0n) is 16.7. The second-order valence-electron chi connectivity index (χ2n) is 7.46. The number of rotatable bonds is 3. The molecule has 0 aliphatic carbocycles. The Balaban J connectivity index is 1.54. The molecule has 0 atom stereocenters. The maximum Gasteiger partial charge on any atom is 0.313 e. The standard InChI is InChI=1S/C21H30N4O3/c1-2-23-13-15-25(16-14-23)21(28)19(26)22-18-9-7-17(8-10-18)20(27)24-11-5-3-4-6-12-24/h7-10H,2-6,11-16H2,1H3,(H,22,26). The van der Waals surface area contributed by atoms with E-state index in [1.54, 1.807) is 29.2 Å². The van der Waals surface area contributed by atoms with Gasteiger partial charge in [0.25, 0.3) is 5.91 Å². The summed E-state index contributed by atoms with van der Waals surface area (Å²) in [6, 6.07) is 6.80. The van der Waals surface area contributed by atoms with Gasteiger partial charge in [0.2, 0.25) is 0 Å². The molecule has 1 aromatic carbocycles. The topological polar surface area (TPSA) is 73.0 Å². The number of likely N-dealkylation sites (tertiary alicyclic amines) is 1. The molecular formula is C21H30N4O3. The molecule has 1 N–H and O–H groups in total. The second-order valence-corrected chi connectivity index (χ2v) is 7.46. The molecular weight excluding hydrogens is 356 g/mol. The summed E-state index contributed by atoms with van der Waals surface area (Å²) in [4.78, 5) is 43.0. The number of hydrogen-bond acceptors (Lipinski definition) is 4. The fourth-order valence-electron chi connectivity index (χ4n) is 3.75. The van der Waals surface area contributed by atoms with Crippen LogP contribution >= 0.6 is 0 Å². The van der Waals surface area contributed by atoms with Crippen molar-refractivity contribution in [2.45, 2.75) is 32.6 Å². The molecule has 2 aliphatic heterocycles. The molecule has 2 heterocycles. The van der Waals surface area contributed by atoms with E-state index in [2.05, 4.69) is 17.1 Å². The Hall–Kier alpha value is -2.41. The molecule has 2 saturated heterocycles. The molecule has 2 fully saturated rings. The highest BCUT2D eigenvalue weighted by atomic mass is 16.2. The molecule has 1 aromatic rings. The lowest BCUT2D eigenvalue weighted by molar-refractivity contribution is -0.144. The van der Waals surface area contributed by atoms with Gasteiger partial charge in [-0.2, -0.15) is 0 Å². The molecule has 2 aliphatic rings. The zero-order valence-corrected chi connectivity index (χ0v) is 16.7. The lowest BCUT2D eigenvalue weighted by atomic mass is 10.1. The molecule has 152 valence electrons. The van der Waals surface area contributed by atoms with Gasteiger partial charge in [-0.15, -0.1) is 0 Å². The van der Waals surface area contributed by atoms with Gasteiger partial charge in [-0.05, 0) is 43.7 Å². The molecule has 0 saturated carbocycles. The first kappa shape index (κ1) is 20.3. The normalized spacial score (nSPS) is 18.5. The number of nitrogens with one attached hydrogen (secondary N) is 1. The SMILES string of the molecule is CCN1CCN(C(=O)C(=O)Nc2ccc(C(=O)N3CCCCCC3)cc2)CC1. The fraction of sp³-hybridized carbons (Fsp3) is 0.571. The molecule has 7 heteroatoms. The zero-order chi connectivity index (χ0) is 19.9. The molecule has 0 bridgehead atoms. The Labute approximate surface area is 166 Å². The summed E-state index contributed by atoms with van der Waals surface area (Å²) in [7, 11) is 0. The van der Waals surface area contributed by atoms with Gasteiger partial charge in [-0.1, -0.05) is 19.8 Å². The summed E-state index contributed by atoms with van der Waals surface area (Å²) in [5, 5.41) is 2.65. The quantitative estimate of drug-likeness (QED) is 0.804. The van der Waals surface area contributed by atoms with Crippen LogP contribution in [-0.4, -0.2) is 78.2 Å². The van der Waals surface area contributed by atoms with Crippen LogP contribution in [0.1, 0.15) is 43.0 Å². The van der Waals surface area contributed by atoms with E-state index in [9.17, 15) is 14.4 Å². The van der Waals surface area contributed by atoms with Crippen molar-refractivity contribution < 1.29 is 14.4 Å². The van der Waals surface area contributed by atoms with E-state index in [0.29, 0.717) is 24.3 Å². The third kappa shape index (κ3) is 5.10. The number of likely N-dealkylation sites (N-methyl/N-ethyl adjacent to an activating group) is 1. The van der Waals surface area contributed by atoms with E-state index in [1.165, 1.54) is 12.8 Å². The van der Waals surface area contributed by atoms with Crippen LogP contribution in [0.3, 0.4) is 0 Å². The van der Waals surface area contributed by atoms with Crippen molar-refractivity contribution in [3.63, 3.8) is 0 Å². The molecule has 3 rings (SSSR count). The number of carbonyl (C=O) groups excluding carboxylic acids is 3. The van der Waals surface area contributed by atoms with E-state index >= 15 is 0 Å². The third-order valence-electron chi connectivity index (χ3n) is 5.58. The van der Waals surface area contributed by atoms with Crippen molar-refractivity contribution in [2.24, 2.45) is 0 Å². The predicted octanol–water partition coefficient (Wildman–Crippen LogP) is 1.81. The number of nitrogens with zero attached hydrogens (tertiary/aromatic N) is 3. The van der Waals surface area contributed by atoms with Gasteiger partial charge in [0.15, 0.2) is 0 Å². The van der Waals surface area contributed by atoms with Crippen molar-refractivity contribution in [1.29, 1.82) is 0 Å². The molecule has 0 spiro atoms. The van der Waals surface area contributed by atoms with E-state index in [1.807, 2.05) is 4.90 Å². The highest BCUT2D eigenvalue weighted by Gasteiger charge is 2.25. The first-order chi connectivity index (χ1) is 13.6. The molecule has 3 amide bonds. The van der Waals surface area contributed by atoms with Gasteiger partial charge in [0.1, 0.15) is 0 Å². The Kier molecular flexibility index (Phi) is 7.03. The number of amides is 3. The van der Waals surface area contributed by atoms with Crippen LogP contribution in [-0.2, 0) is 9.59 Å². The summed E-state index contributed by atoms with van der Waals surface area (Å²) in [6.45, 7) is 7.38. The lowest BCUT2D eigenvalue weighted by Crippen LogP contribution is -2.51. The number of hydrogen-bond donors (Lipinski definition) is 1. The van der Waals surface area contributed by atoms with Gasteiger partial charge in [0, 0.05) is 50.5 Å². The Morgan fingerprint density at radius 1 is 0.821 bits per heavy atom. The van der Waals surface area contributed by atoms with Gasteiger partial charge in [0.05, 0.1) is 0 Å². The molecule has 28 heavy (non-hydrogen) atoms. The largest absolute Gasteiger partial charge is 0.339 e. The lowest BCUT2D eigenvalue weighted by Gasteiger charge is -2.33. The maximum absolute atomic E-state index is 12.6. The number of benzene rings is 1. The monoisotopic (exact) mass is 386 g/mol. The number of anilines is 1. The summed E-state index contributed by atoms with van der Waals surface area (Å²) in [6.07, 6.45) is 4.45. The van der Waals surface area contributed by atoms with Gasteiger partial charge in [-0.3, -0.25) is 14.4 Å². The second kappa shape index (κ2) is 9.68. The van der Waals surface area contributed by atoms with E-state index in [0.717, 1.165) is 45.6 Å². The average molecular weight is 386 g/mol. The highest BCUT2D eigenvalue weighted by molar-refractivity contribution is 6.39. The molecule has 0 radical (unpaired) electrons. The molecule has 7 nitrogen and oxygen atoms in total.